The molecule has 3 atom stereocenters. The summed E-state index contributed by atoms with van der Waals surface area (Å²) in [4.78, 5) is 50.7. The van der Waals surface area contributed by atoms with Crippen LogP contribution < -0.4 is 10.5 Å². The maximum atomic E-state index is 13.1. The fourth-order valence-electron chi connectivity index (χ4n) is 4.25. The number of rotatable bonds is 9. The molecule has 3 rings (SSSR count). The number of aromatic hydroxyl groups is 1. The van der Waals surface area contributed by atoms with Gasteiger partial charge in [0.15, 0.2) is 5.12 Å². The minimum Gasteiger partial charge on any atom is -0.508 e. The smallest absolute Gasteiger partial charge is 0.326 e. The van der Waals surface area contributed by atoms with E-state index in [1.807, 2.05) is 0 Å². The second-order valence-corrected chi connectivity index (χ2v) is 11.5. The Hall–Kier alpha value is -3.42. The molecule has 0 saturated carbocycles. The first-order valence-corrected chi connectivity index (χ1v) is 13.7. The number of carbonyl (C=O) groups is 4. The van der Waals surface area contributed by atoms with Gasteiger partial charge in [0.25, 0.3) is 0 Å². The van der Waals surface area contributed by atoms with Crippen LogP contribution in [0.1, 0.15) is 36.9 Å². The van der Waals surface area contributed by atoms with Crippen molar-refractivity contribution in [2.45, 2.75) is 48.4 Å². The lowest BCUT2D eigenvalue weighted by Gasteiger charge is -2.29. The van der Waals surface area contributed by atoms with Gasteiger partial charge in [-0.1, -0.05) is 36.0 Å². The molecule has 0 aliphatic carbocycles. The zero-order chi connectivity index (χ0) is 27.3. The third-order valence-electron chi connectivity index (χ3n) is 5.90. The molecule has 0 aromatic heterocycles. The number of amides is 2. The van der Waals surface area contributed by atoms with Crippen molar-refractivity contribution < 1.29 is 37.8 Å². The molecular weight excluding hydrogens is 522 g/mol. The van der Waals surface area contributed by atoms with Crippen molar-refractivity contribution in [3.63, 3.8) is 0 Å². The number of phenolic OH excluding ortho intramolecular Hbond substituents is 1. The highest BCUT2D eigenvalue weighted by Crippen LogP contribution is 2.37. The van der Waals surface area contributed by atoms with Crippen LogP contribution in [0.2, 0.25) is 0 Å². The molecule has 2 aromatic rings. The number of carbonyl (C=O) groups excluding carboxylic acids is 3. The Balaban J connectivity index is 1.72. The largest absolute Gasteiger partial charge is 0.508 e. The first kappa shape index (κ1) is 28.2. The third kappa shape index (κ3) is 7.31. The summed E-state index contributed by atoms with van der Waals surface area (Å²) in [5.41, 5.74) is 1.15. The van der Waals surface area contributed by atoms with E-state index in [4.69, 9.17) is 5.14 Å². The molecule has 1 heterocycles. The van der Waals surface area contributed by atoms with Crippen LogP contribution in [0.15, 0.2) is 53.4 Å². The molecule has 37 heavy (non-hydrogen) atoms. The fourth-order valence-corrected chi connectivity index (χ4v) is 5.63. The molecule has 2 unspecified atom stereocenters. The number of hydrogen-bond donors (Lipinski definition) is 4. The molecule has 0 radical (unpaired) electrons. The summed E-state index contributed by atoms with van der Waals surface area (Å²) in [5, 5.41) is 25.8. The van der Waals surface area contributed by atoms with Gasteiger partial charge in [-0.2, -0.15) is 0 Å². The molecule has 5 N–H and O–H groups in total. The van der Waals surface area contributed by atoms with Gasteiger partial charge in [-0.15, -0.1) is 0 Å². The van der Waals surface area contributed by atoms with Crippen molar-refractivity contribution in [1.82, 2.24) is 10.2 Å². The van der Waals surface area contributed by atoms with Gasteiger partial charge in [0.1, 0.15) is 11.8 Å². The van der Waals surface area contributed by atoms with Crippen LogP contribution in [0.3, 0.4) is 0 Å². The Morgan fingerprint density at radius 3 is 2.38 bits per heavy atom. The Morgan fingerprint density at radius 2 is 1.81 bits per heavy atom. The number of sulfonamides is 1. The van der Waals surface area contributed by atoms with Crippen LogP contribution >= 0.6 is 11.8 Å². The van der Waals surface area contributed by atoms with Crippen LogP contribution in [0.25, 0.3) is 0 Å². The maximum absolute atomic E-state index is 13.1. The van der Waals surface area contributed by atoms with Crippen molar-refractivity contribution in [2.75, 3.05) is 6.54 Å². The Bertz CT molecular complexity index is 1300. The predicted molar refractivity (Wildman–Crippen MR) is 135 cm³/mol. The molecule has 0 bridgehead atoms. The number of benzene rings is 2. The summed E-state index contributed by atoms with van der Waals surface area (Å²) in [5.74, 6) is -2.41. The van der Waals surface area contributed by atoms with Crippen molar-refractivity contribution in [2.24, 2.45) is 5.14 Å². The first-order valence-electron chi connectivity index (χ1n) is 11.3. The number of nitrogens with zero attached hydrogens (tertiary/aromatic N) is 1. The number of thioether (sulfide) groups is 1. The molecular formula is C24H27N3O8S2. The van der Waals surface area contributed by atoms with E-state index in [-0.39, 0.29) is 28.6 Å². The molecule has 13 heteroatoms. The number of carboxylic acid groups (broad SMARTS) is 1. The number of primary sulfonamides is 1. The van der Waals surface area contributed by atoms with Crippen molar-refractivity contribution >= 4 is 44.7 Å². The van der Waals surface area contributed by atoms with E-state index in [0.717, 1.165) is 11.8 Å². The molecule has 1 fully saturated rings. The first-order chi connectivity index (χ1) is 17.4. The highest BCUT2D eigenvalue weighted by molar-refractivity contribution is 8.14. The minimum atomic E-state index is -3.88. The van der Waals surface area contributed by atoms with Gasteiger partial charge in [-0.05, 0) is 54.7 Å². The molecule has 2 amide bonds. The SMILES string of the molecule is CC(=O)SC(Cc1ccc(S(N)(=O)=O)cc1)C(=O)NCC(=O)N1C(c2cccc(O)c2)CC[C@H]1C(=O)O. The third-order valence-corrected chi connectivity index (χ3v) is 7.83. The van der Waals surface area contributed by atoms with E-state index in [1.165, 1.54) is 48.2 Å². The van der Waals surface area contributed by atoms with E-state index < -0.39 is 51.7 Å². The fraction of sp³-hybridized carbons (Fsp3) is 0.333. The number of nitrogens with one attached hydrogen (secondary N) is 1. The van der Waals surface area contributed by atoms with Gasteiger partial charge in [0.2, 0.25) is 21.8 Å². The predicted octanol–water partition coefficient (Wildman–Crippen LogP) is 1.16. The van der Waals surface area contributed by atoms with Crippen LogP contribution in [0.4, 0.5) is 0 Å². The van der Waals surface area contributed by atoms with E-state index >= 15 is 0 Å². The molecule has 0 spiro atoms. The quantitative estimate of drug-likeness (QED) is 0.356. The number of nitrogens with two attached hydrogens (primary N) is 1. The highest BCUT2D eigenvalue weighted by Gasteiger charge is 2.41. The lowest BCUT2D eigenvalue weighted by molar-refractivity contribution is -0.149. The number of carboxylic acids is 1. The highest BCUT2D eigenvalue weighted by atomic mass is 32.2. The Kier molecular flexibility index (Phi) is 8.94. The normalized spacial score (nSPS) is 18.3. The second-order valence-electron chi connectivity index (χ2n) is 8.55. The van der Waals surface area contributed by atoms with Crippen LogP contribution in [-0.2, 0) is 35.6 Å². The molecule has 1 aliphatic rings. The Labute approximate surface area is 218 Å². The summed E-state index contributed by atoms with van der Waals surface area (Å²) < 4.78 is 22.9. The molecule has 1 saturated heterocycles. The zero-order valence-corrected chi connectivity index (χ0v) is 21.5. The number of hydrogen-bond acceptors (Lipinski definition) is 8. The van der Waals surface area contributed by atoms with E-state index in [1.54, 1.807) is 12.1 Å². The monoisotopic (exact) mass is 549 g/mol. The van der Waals surface area contributed by atoms with Crippen molar-refractivity contribution in [3.8, 4) is 5.75 Å². The van der Waals surface area contributed by atoms with Gasteiger partial charge in [0.05, 0.1) is 22.7 Å². The van der Waals surface area contributed by atoms with Gasteiger partial charge < -0.3 is 20.4 Å². The van der Waals surface area contributed by atoms with Crippen LogP contribution in [0.5, 0.6) is 5.75 Å². The number of phenols is 1. The maximum Gasteiger partial charge on any atom is 0.326 e. The summed E-state index contributed by atoms with van der Waals surface area (Å²) in [6.45, 7) is 0.805. The van der Waals surface area contributed by atoms with E-state index in [0.29, 0.717) is 17.5 Å². The average Bonchev–Trinajstić information content (AvgIpc) is 3.27. The number of aliphatic carboxylic acids is 1. The van der Waals surface area contributed by atoms with Gasteiger partial charge in [-0.25, -0.2) is 18.4 Å². The summed E-state index contributed by atoms with van der Waals surface area (Å²) in [6.07, 6.45) is 0.659. The lowest BCUT2D eigenvalue weighted by Crippen LogP contribution is -2.47. The summed E-state index contributed by atoms with van der Waals surface area (Å²) in [6, 6.07) is 10.1. The van der Waals surface area contributed by atoms with Crippen LogP contribution in [-0.4, -0.2) is 64.3 Å². The van der Waals surface area contributed by atoms with Gasteiger partial charge in [-0.3, -0.25) is 14.4 Å². The molecule has 11 nitrogen and oxygen atoms in total. The molecule has 1 aliphatic heterocycles. The average molecular weight is 550 g/mol. The van der Waals surface area contributed by atoms with E-state index in [9.17, 15) is 37.8 Å². The lowest BCUT2D eigenvalue weighted by atomic mass is 10.0. The topological polar surface area (TPSA) is 184 Å². The van der Waals surface area contributed by atoms with Gasteiger partial charge >= 0.3 is 5.97 Å². The van der Waals surface area contributed by atoms with Crippen LogP contribution in [0, 0.1) is 0 Å². The standard InChI is InChI=1S/C24H27N3O8S2/c1-14(28)36-21(11-15-5-7-18(8-6-15)37(25,34)35)23(31)26-13-22(30)27-19(9-10-20(27)24(32)33)16-3-2-4-17(29)12-16/h2-8,12,19-21,29H,9-11,13H2,1H3,(H,26,31)(H,32,33)(H2,25,34,35)/t19?,20-,21?/m0/s1. The van der Waals surface area contributed by atoms with Crippen molar-refractivity contribution in [3.05, 3.63) is 59.7 Å². The molecule has 2 aromatic carbocycles. The zero-order valence-electron chi connectivity index (χ0n) is 19.9. The number of likely N-dealkylation sites (tertiary alicyclic amines) is 1. The molecule has 198 valence electrons. The second kappa shape index (κ2) is 11.8. The summed E-state index contributed by atoms with van der Waals surface area (Å²) >= 11 is 0.760. The van der Waals surface area contributed by atoms with E-state index in [2.05, 4.69) is 5.32 Å². The van der Waals surface area contributed by atoms with Gasteiger partial charge in [0, 0.05) is 6.92 Å². The summed E-state index contributed by atoms with van der Waals surface area (Å²) in [7, 11) is -3.88. The van der Waals surface area contributed by atoms with Crippen molar-refractivity contribution in [1.29, 1.82) is 0 Å². The minimum absolute atomic E-state index is 0.0156. The Morgan fingerprint density at radius 1 is 1.14 bits per heavy atom.